The van der Waals surface area contributed by atoms with Gasteiger partial charge in [0, 0.05) is 18.4 Å². The Morgan fingerprint density at radius 1 is 1.30 bits per heavy atom. The summed E-state index contributed by atoms with van der Waals surface area (Å²) >= 11 is 0. The van der Waals surface area contributed by atoms with E-state index in [0.29, 0.717) is 12.4 Å². The molecule has 1 atom stereocenters. The molecule has 5 heteroatoms. The van der Waals surface area contributed by atoms with Crippen molar-refractivity contribution >= 4 is 28.6 Å². The van der Waals surface area contributed by atoms with Crippen LogP contribution >= 0.6 is 0 Å². The van der Waals surface area contributed by atoms with Crippen molar-refractivity contribution in [1.29, 1.82) is 0 Å². The van der Waals surface area contributed by atoms with Crippen molar-refractivity contribution in [3.63, 3.8) is 0 Å². The molecule has 5 nitrogen and oxygen atoms in total. The Kier molecular flexibility index (Phi) is 3.10. The molecule has 1 unspecified atom stereocenters. The van der Waals surface area contributed by atoms with E-state index in [1.807, 2.05) is 30.3 Å². The number of hydrogen-bond acceptors (Lipinski definition) is 4. The maximum Gasteiger partial charge on any atom is 0.311 e. The first-order valence-corrected chi connectivity index (χ1v) is 6.43. The largest absolute Gasteiger partial charge is 0.469 e. The fourth-order valence-corrected chi connectivity index (χ4v) is 2.46. The number of para-hydroxylation sites is 1. The number of rotatable bonds is 2. The number of nitrogens with zero attached hydrogens (tertiary/aromatic N) is 2. The highest BCUT2D eigenvalue weighted by Gasteiger charge is 2.36. The molecule has 1 saturated heterocycles. The second-order valence-corrected chi connectivity index (χ2v) is 4.79. The Morgan fingerprint density at radius 2 is 2.10 bits per heavy atom. The lowest BCUT2D eigenvalue weighted by atomic mass is 10.1. The molecule has 1 aliphatic heterocycles. The molecule has 0 bridgehead atoms. The van der Waals surface area contributed by atoms with Gasteiger partial charge in [0.05, 0.1) is 18.5 Å². The smallest absolute Gasteiger partial charge is 0.311 e. The zero-order chi connectivity index (χ0) is 14.1. The SMILES string of the molecule is COC(=O)C1CC(=O)N(c2ccc3ccccc3n2)C1. The number of aromatic nitrogens is 1. The first kappa shape index (κ1) is 12.6. The quantitative estimate of drug-likeness (QED) is 0.780. The van der Waals surface area contributed by atoms with Gasteiger partial charge in [-0.1, -0.05) is 18.2 Å². The van der Waals surface area contributed by atoms with E-state index in [2.05, 4.69) is 4.98 Å². The van der Waals surface area contributed by atoms with E-state index in [-0.39, 0.29) is 18.3 Å². The number of carbonyl (C=O) groups excluding carboxylic acids is 2. The summed E-state index contributed by atoms with van der Waals surface area (Å²) < 4.78 is 4.70. The number of benzene rings is 1. The summed E-state index contributed by atoms with van der Waals surface area (Å²) in [5.74, 6) is -0.259. The number of anilines is 1. The number of amides is 1. The van der Waals surface area contributed by atoms with Gasteiger partial charge in [-0.2, -0.15) is 0 Å². The number of hydrogen-bond donors (Lipinski definition) is 0. The molecule has 1 aromatic carbocycles. The second kappa shape index (κ2) is 4.92. The van der Waals surface area contributed by atoms with Crippen LogP contribution in [-0.2, 0) is 14.3 Å². The lowest BCUT2D eigenvalue weighted by molar-refractivity contribution is -0.145. The number of methoxy groups -OCH3 is 1. The molecule has 20 heavy (non-hydrogen) atoms. The number of fused-ring (bicyclic) bond motifs is 1. The molecule has 0 aliphatic carbocycles. The summed E-state index contributed by atoms with van der Waals surface area (Å²) in [7, 11) is 1.34. The normalized spacial score (nSPS) is 18.6. The minimum atomic E-state index is -0.402. The third-order valence-corrected chi connectivity index (χ3v) is 3.52. The molecule has 1 aliphatic rings. The fourth-order valence-electron chi connectivity index (χ4n) is 2.46. The van der Waals surface area contributed by atoms with Crippen LogP contribution in [0.25, 0.3) is 10.9 Å². The summed E-state index contributed by atoms with van der Waals surface area (Å²) in [5.41, 5.74) is 0.833. The van der Waals surface area contributed by atoms with Crippen LogP contribution in [0.5, 0.6) is 0 Å². The molecular weight excluding hydrogens is 256 g/mol. The standard InChI is InChI=1S/C15H14N2O3/c1-20-15(19)11-8-14(18)17(9-11)13-7-6-10-4-2-3-5-12(10)16-13/h2-7,11H,8-9H2,1H3. The number of pyridine rings is 1. The molecule has 0 spiro atoms. The van der Waals surface area contributed by atoms with Crippen molar-refractivity contribution in [2.24, 2.45) is 5.92 Å². The Hall–Kier alpha value is -2.43. The molecule has 102 valence electrons. The Balaban J connectivity index is 1.91. The Labute approximate surface area is 116 Å². The van der Waals surface area contributed by atoms with Crippen LogP contribution in [0, 0.1) is 5.92 Å². The highest BCUT2D eigenvalue weighted by molar-refractivity contribution is 5.99. The van der Waals surface area contributed by atoms with Crippen molar-refractivity contribution in [2.45, 2.75) is 6.42 Å². The minimum Gasteiger partial charge on any atom is -0.469 e. The van der Waals surface area contributed by atoms with Crippen LogP contribution in [0.2, 0.25) is 0 Å². The predicted octanol–water partition coefficient (Wildman–Crippen LogP) is 1.76. The van der Waals surface area contributed by atoms with Crippen molar-refractivity contribution in [2.75, 3.05) is 18.6 Å². The minimum absolute atomic E-state index is 0.0943. The molecule has 3 rings (SSSR count). The highest BCUT2D eigenvalue weighted by Crippen LogP contribution is 2.26. The predicted molar refractivity (Wildman–Crippen MR) is 74.2 cm³/mol. The van der Waals surface area contributed by atoms with Crippen LogP contribution in [0.3, 0.4) is 0 Å². The average molecular weight is 270 g/mol. The molecule has 0 radical (unpaired) electrons. The van der Waals surface area contributed by atoms with Crippen molar-refractivity contribution in [3.8, 4) is 0 Å². The van der Waals surface area contributed by atoms with E-state index in [1.54, 1.807) is 11.0 Å². The van der Waals surface area contributed by atoms with Crippen LogP contribution < -0.4 is 4.90 Å². The summed E-state index contributed by atoms with van der Waals surface area (Å²) in [6.45, 7) is 0.330. The summed E-state index contributed by atoms with van der Waals surface area (Å²) in [6, 6.07) is 11.4. The topological polar surface area (TPSA) is 59.5 Å². The van der Waals surface area contributed by atoms with Crippen LogP contribution in [0.15, 0.2) is 36.4 Å². The fraction of sp³-hybridized carbons (Fsp3) is 0.267. The third kappa shape index (κ3) is 2.11. The van der Waals surface area contributed by atoms with E-state index in [1.165, 1.54) is 7.11 Å². The van der Waals surface area contributed by atoms with Gasteiger partial charge in [-0.15, -0.1) is 0 Å². The maximum absolute atomic E-state index is 12.0. The van der Waals surface area contributed by atoms with Crippen molar-refractivity contribution in [1.82, 2.24) is 4.98 Å². The van der Waals surface area contributed by atoms with Gasteiger partial charge in [-0.25, -0.2) is 4.98 Å². The van der Waals surface area contributed by atoms with E-state index < -0.39 is 5.92 Å². The summed E-state index contributed by atoms with van der Waals surface area (Å²) in [6.07, 6.45) is 0.182. The maximum atomic E-state index is 12.0. The molecule has 2 aromatic rings. The number of ether oxygens (including phenoxy) is 1. The molecular formula is C15H14N2O3. The van der Waals surface area contributed by atoms with Crippen LogP contribution in [-0.4, -0.2) is 30.5 Å². The third-order valence-electron chi connectivity index (χ3n) is 3.52. The van der Waals surface area contributed by atoms with Crippen LogP contribution in [0.4, 0.5) is 5.82 Å². The van der Waals surface area contributed by atoms with Gasteiger partial charge < -0.3 is 4.74 Å². The molecule has 0 N–H and O–H groups in total. The first-order valence-electron chi connectivity index (χ1n) is 6.43. The lowest BCUT2D eigenvalue weighted by Gasteiger charge is -2.15. The molecule has 1 amide bonds. The Morgan fingerprint density at radius 3 is 2.90 bits per heavy atom. The Bertz CT molecular complexity index is 684. The van der Waals surface area contributed by atoms with Gasteiger partial charge in [-0.05, 0) is 18.2 Å². The van der Waals surface area contributed by atoms with Crippen molar-refractivity contribution < 1.29 is 14.3 Å². The van der Waals surface area contributed by atoms with E-state index in [4.69, 9.17) is 4.74 Å². The van der Waals surface area contributed by atoms with E-state index >= 15 is 0 Å². The monoisotopic (exact) mass is 270 g/mol. The van der Waals surface area contributed by atoms with Gasteiger partial charge in [0.2, 0.25) is 5.91 Å². The average Bonchev–Trinajstić information content (AvgIpc) is 2.88. The van der Waals surface area contributed by atoms with E-state index in [0.717, 1.165) is 10.9 Å². The zero-order valence-electron chi connectivity index (χ0n) is 11.1. The summed E-state index contributed by atoms with van der Waals surface area (Å²) in [5, 5.41) is 1.02. The summed E-state index contributed by atoms with van der Waals surface area (Å²) in [4.78, 5) is 29.6. The number of esters is 1. The molecule has 1 aromatic heterocycles. The van der Waals surface area contributed by atoms with Gasteiger partial charge in [0.25, 0.3) is 0 Å². The zero-order valence-corrected chi connectivity index (χ0v) is 11.1. The lowest BCUT2D eigenvalue weighted by Crippen LogP contribution is -2.26. The van der Waals surface area contributed by atoms with Gasteiger partial charge in [0.1, 0.15) is 5.82 Å². The van der Waals surface area contributed by atoms with Crippen molar-refractivity contribution in [3.05, 3.63) is 36.4 Å². The van der Waals surface area contributed by atoms with Gasteiger partial charge >= 0.3 is 5.97 Å². The van der Waals surface area contributed by atoms with Gasteiger partial charge in [-0.3, -0.25) is 14.5 Å². The second-order valence-electron chi connectivity index (χ2n) is 4.79. The molecule has 2 heterocycles. The first-order chi connectivity index (χ1) is 9.69. The van der Waals surface area contributed by atoms with Gasteiger partial charge in [0.15, 0.2) is 0 Å². The highest BCUT2D eigenvalue weighted by atomic mass is 16.5. The van der Waals surface area contributed by atoms with Crippen LogP contribution in [0.1, 0.15) is 6.42 Å². The molecule has 0 saturated carbocycles. The number of carbonyl (C=O) groups is 2. The molecule has 1 fully saturated rings. The van der Waals surface area contributed by atoms with E-state index in [9.17, 15) is 9.59 Å².